The highest BCUT2D eigenvalue weighted by molar-refractivity contribution is 5.77. The van der Waals surface area contributed by atoms with Crippen LogP contribution in [0, 0.1) is 18.8 Å². The lowest BCUT2D eigenvalue weighted by atomic mass is 10.2. The van der Waals surface area contributed by atoms with Crippen LogP contribution in [0.25, 0.3) is 10.9 Å². The average Bonchev–Trinajstić information content (AvgIpc) is 2.71. The van der Waals surface area contributed by atoms with Crippen LogP contribution in [0.5, 0.6) is 5.75 Å². The van der Waals surface area contributed by atoms with E-state index in [1.165, 1.54) is 10.9 Å². The second-order valence-electron chi connectivity index (χ2n) is 6.19. The molecule has 0 aliphatic rings. The van der Waals surface area contributed by atoms with Crippen LogP contribution in [0.2, 0.25) is 0 Å². The van der Waals surface area contributed by atoms with E-state index < -0.39 is 0 Å². The van der Waals surface area contributed by atoms with Crippen LogP contribution < -0.4 is 15.6 Å². The molecule has 1 amide bonds. The van der Waals surface area contributed by atoms with Gasteiger partial charge in [-0.05, 0) is 30.7 Å². The van der Waals surface area contributed by atoms with Gasteiger partial charge in [0.15, 0.2) is 0 Å². The SMILES string of the molecule is Cc1ccccc1OCC#CCNC(=O)CCn1cnc2ccccc2c1=O. The lowest BCUT2D eigenvalue weighted by Gasteiger charge is -2.06. The average molecular weight is 375 g/mol. The topological polar surface area (TPSA) is 73.2 Å². The number of benzene rings is 2. The van der Waals surface area contributed by atoms with Crippen molar-refractivity contribution < 1.29 is 9.53 Å². The Hall–Kier alpha value is -3.59. The molecule has 6 heteroatoms. The molecule has 0 aliphatic carbocycles. The fourth-order valence-corrected chi connectivity index (χ4v) is 2.66. The molecular weight excluding hydrogens is 354 g/mol. The van der Waals surface area contributed by atoms with E-state index in [1.54, 1.807) is 18.2 Å². The van der Waals surface area contributed by atoms with Crippen LogP contribution in [-0.4, -0.2) is 28.6 Å². The third kappa shape index (κ3) is 4.98. The minimum atomic E-state index is -0.172. The first-order valence-corrected chi connectivity index (χ1v) is 9.00. The third-order valence-corrected chi connectivity index (χ3v) is 4.20. The Morgan fingerprint density at radius 2 is 1.93 bits per heavy atom. The summed E-state index contributed by atoms with van der Waals surface area (Å²) in [6.07, 6.45) is 1.65. The number of carbonyl (C=O) groups excluding carboxylic acids is 1. The second-order valence-corrected chi connectivity index (χ2v) is 6.19. The number of ether oxygens (including phenoxy) is 1. The van der Waals surface area contributed by atoms with Gasteiger partial charge in [0.25, 0.3) is 5.56 Å². The largest absolute Gasteiger partial charge is 0.481 e. The number of aryl methyl sites for hydroxylation is 2. The standard InChI is InChI=1S/C22H21N3O3/c1-17-8-2-5-11-20(17)28-15-7-6-13-23-21(26)12-14-25-16-24-19-10-4-3-9-18(19)22(25)27/h2-5,8-11,16H,12-15H2,1H3,(H,23,26). The third-order valence-electron chi connectivity index (χ3n) is 4.20. The highest BCUT2D eigenvalue weighted by atomic mass is 16.5. The van der Waals surface area contributed by atoms with Crippen molar-refractivity contribution in [2.45, 2.75) is 19.9 Å². The van der Waals surface area contributed by atoms with Crippen molar-refractivity contribution in [1.82, 2.24) is 14.9 Å². The van der Waals surface area contributed by atoms with E-state index in [4.69, 9.17) is 4.74 Å². The number of amides is 1. The van der Waals surface area contributed by atoms with Crippen LogP contribution >= 0.6 is 0 Å². The van der Waals surface area contributed by atoms with Gasteiger partial charge in [-0.15, -0.1) is 0 Å². The zero-order chi connectivity index (χ0) is 19.8. The molecule has 2 aromatic carbocycles. The maximum atomic E-state index is 12.4. The fraction of sp³-hybridized carbons (Fsp3) is 0.227. The monoisotopic (exact) mass is 375 g/mol. The molecule has 0 aliphatic heterocycles. The van der Waals surface area contributed by atoms with Gasteiger partial charge in [-0.3, -0.25) is 14.2 Å². The highest BCUT2D eigenvalue weighted by Crippen LogP contribution is 2.15. The zero-order valence-corrected chi connectivity index (χ0v) is 15.6. The summed E-state index contributed by atoms with van der Waals surface area (Å²) in [5.74, 6) is 6.35. The molecule has 0 fully saturated rings. The minimum absolute atomic E-state index is 0.147. The van der Waals surface area contributed by atoms with Gasteiger partial charge in [0.1, 0.15) is 12.4 Å². The molecule has 0 bridgehead atoms. The fourth-order valence-electron chi connectivity index (χ4n) is 2.66. The Balaban J connectivity index is 1.43. The van der Waals surface area contributed by atoms with E-state index in [1.807, 2.05) is 37.3 Å². The molecule has 1 heterocycles. The number of fused-ring (bicyclic) bond motifs is 1. The summed E-state index contributed by atoms with van der Waals surface area (Å²) in [7, 11) is 0. The molecule has 0 saturated carbocycles. The number of carbonyl (C=O) groups is 1. The predicted molar refractivity (Wildman–Crippen MR) is 108 cm³/mol. The van der Waals surface area contributed by atoms with E-state index in [9.17, 15) is 9.59 Å². The molecule has 142 valence electrons. The van der Waals surface area contributed by atoms with E-state index in [2.05, 4.69) is 22.1 Å². The number of hydrogen-bond acceptors (Lipinski definition) is 4. The first-order valence-electron chi connectivity index (χ1n) is 9.00. The maximum Gasteiger partial charge on any atom is 0.261 e. The summed E-state index contributed by atoms with van der Waals surface area (Å²) >= 11 is 0. The first-order chi connectivity index (χ1) is 13.6. The predicted octanol–water partition coefficient (Wildman–Crippen LogP) is 2.29. The van der Waals surface area contributed by atoms with Crippen molar-refractivity contribution >= 4 is 16.8 Å². The number of nitrogens with zero attached hydrogens (tertiary/aromatic N) is 2. The van der Waals surface area contributed by atoms with Crippen molar-refractivity contribution in [2.75, 3.05) is 13.2 Å². The van der Waals surface area contributed by atoms with Gasteiger partial charge in [-0.2, -0.15) is 0 Å². The van der Waals surface area contributed by atoms with Crippen molar-refractivity contribution in [3.63, 3.8) is 0 Å². The summed E-state index contributed by atoms with van der Waals surface area (Å²) < 4.78 is 7.01. The number of hydrogen-bond donors (Lipinski definition) is 1. The van der Waals surface area contributed by atoms with Crippen molar-refractivity contribution in [1.29, 1.82) is 0 Å². The van der Waals surface area contributed by atoms with E-state index in [-0.39, 0.29) is 37.6 Å². The Morgan fingerprint density at radius 1 is 1.14 bits per heavy atom. The molecule has 3 aromatic rings. The number of para-hydroxylation sites is 2. The summed E-state index contributed by atoms with van der Waals surface area (Å²) in [5, 5.41) is 3.26. The zero-order valence-electron chi connectivity index (χ0n) is 15.6. The van der Waals surface area contributed by atoms with Crippen LogP contribution in [0.1, 0.15) is 12.0 Å². The van der Waals surface area contributed by atoms with Gasteiger partial charge < -0.3 is 10.1 Å². The number of nitrogens with one attached hydrogen (secondary N) is 1. The maximum absolute atomic E-state index is 12.4. The van der Waals surface area contributed by atoms with Gasteiger partial charge in [-0.25, -0.2) is 4.98 Å². The van der Waals surface area contributed by atoms with Crippen LogP contribution in [0.3, 0.4) is 0 Å². The quantitative estimate of drug-likeness (QED) is 0.671. The van der Waals surface area contributed by atoms with E-state index in [0.717, 1.165) is 11.3 Å². The first kappa shape index (κ1) is 19.2. The molecule has 0 spiro atoms. The van der Waals surface area contributed by atoms with Crippen molar-refractivity contribution in [2.24, 2.45) is 0 Å². The lowest BCUT2D eigenvalue weighted by molar-refractivity contribution is -0.121. The Bertz CT molecular complexity index is 1090. The second kappa shape index (κ2) is 9.38. The lowest BCUT2D eigenvalue weighted by Crippen LogP contribution is -2.27. The normalized spacial score (nSPS) is 10.2. The molecular formula is C22H21N3O3. The molecule has 1 aromatic heterocycles. The molecule has 0 radical (unpaired) electrons. The van der Waals surface area contributed by atoms with Crippen molar-refractivity contribution in [3.8, 4) is 17.6 Å². The molecule has 28 heavy (non-hydrogen) atoms. The summed E-state index contributed by atoms with van der Waals surface area (Å²) in [4.78, 5) is 28.6. The van der Waals surface area contributed by atoms with Crippen LogP contribution in [0.4, 0.5) is 0 Å². The Morgan fingerprint density at radius 3 is 2.79 bits per heavy atom. The molecule has 1 N–H and O–H groups in total. The molecule has 0 saturated heterocycles. The van der Waals surface area contributed by atoms with Gasteiger partial charge in [0.2, 0.25) is 5.91 Å². The van der Waals surface area contributed by atoms with Gasteiger partial charge in [0, 0.05) is 13.0 Å². The smallest absolute Gasteiger partial charge is 0.261 e. The summed E-state index contributed by atoms with van der Waals surface area (Å²) in [6.45, 7) is 2.74. The Labute approximate surface area is 163 Å². The number of aromatic nitrogens is 2. The van der Waals surface area contributed by atoms with Crippen LogP contribution in [-0.2, 0) is 11.3 Å². The molecule has 3 rings (SSSR count). The summed E-state index contributed by atoms with van der Waals surface area (Å²) in [5.41, 5.74) is 1.55. The van der Waals surface area contributed by atoms with Gasteiger partial charge in [0.05, 0.1) is 23.8 Å². The van der Waals surface area contributed by atoms with Crippen molar-refractivity contribution in [3.05, 3.63) is 70.8 Å². The van der Waals surface area contributed by atoms with Crippen LogP contribution in [0.15, 0.2) is 59.7 Å². The number of rotatable bonds is 6. The van der Waals surface area contributed by atoms with E-state index >= 15 is 0 Å². The minimum Gasteiger partial charge on any atom is -0.481 e. The summed E-state index contributed by atoms with van der Waals surface area (Å²) in [6, 6.07) is 14.9. The van der Waals surface area contributed by atoms with Gasteiger partial charge in [-0.1, -0.05) is 42.2 Å². The molecule has 0 atom stereocenters. The molecule has 6 nitrogen and oxygen atoms in total. The Kier molecular flexibility index (Phi) is 6.42. The van der Waals surface area contributed by atoms with E-state index in [0.29, 0.717) is 10.9 Å². The molecule has 0 unspecified atom stereocenters. The highest BCUT2D eigenvalue weighted by Gasteiger charge is 2.05. The van der Waals surface area contributed by atoms with Gasteiger partial charge >= 0.3 is 0 Å².